The van der Waals surface area contributed by atoms with Gasteiger partial charge in [-0.05, 0) is 32.0 Å². The third-order valence-electron chi connectivity index (χ3n) is 3.15. The summed E-state index contributed by atoms with van der Waals surface area (Å²) < 4.78 is 7.25. The van der Waals surface area contributed by atoms with Crippen LogP contribution < -0.4 is 10.3 Å². The number of rotatable bonds is 4. The van der Waals surface area contributed by atoms with Gasteiger partial charge >= 0.3 is 0 Å². The second-order valence-electron chi connectivity index (χ2n) is 5.14. The highest BCUT2D eigenvalue weighted by molar-refractivity contribution is 5.62. The fourth-order valence-corrected chi connectivity index (χ4v) is 2.20. The predicted molar refractivity (Wildman–Crippen MR) is 82.2 cm³/mol. The summed E-state index contributed by atoms with van der Waals surface area (Å²) >= 11 is 0. The first kappa shape index (κ1) is 14.9. The largest absolute Gasteiger partial charge is 0.491 e. The normalized spacial score (nSPS) is 10.4. The summed E-state index contributed by atoms with van der Waals surface area (Å²) in [4.78, 5) is 12.2. The molecular formula is C17H18N2O2. The Morgan fingerprint density at radius 1 is 1.29 bits per heavy atom. The van der Waals surface area contributed by atoms with Crippen LogP contribution in [0.2, 0.25) is 0 Å². The first-order valence-corrected chi connectivity index (χ1v) is 6.86. The SMILES string of the molecule is CC(C)Oc1cccc(-c2ccc(CC#N)c(=O)n2C)c1. The van der Waals surface area contributed by atoms with Crippen LogP contribution in [0.1, 0.15) is 19.4 Å². The number of nitriles is 1. The number of benzene rings is 1. The fourth-order valence-electron chi connectivity index (χ4n) is 2.20. The van der Waals surface area contributed by atoms with Crippen molar-refractivity contribution < 1.29 is 4.74 Å². The van der Waals surface area contributed by atoms with Crippen molar-refractivity contribution in [1.29, 1.82) is 5.26 Å². The van der Waals surface area contributed by atoms with E-state index in [1.807, 2.05) is 50.2 Å². The van der Waals surface area contributed by atoms with E-state index in [2.05, 4.69) is 0 Å². The van der Waals surface area contributed by atoms with E-state index in [1.165, 1.54) is 0 Å². The van der Waals surface area contributed by atoms with Crippen LogP contribution in [-0.2, 0) is 13.5 Å². The third kappa shape index (κ3) is 3.32. The van der Waals surface area contributed by atoms with E-state index in [0.717, 1.165) is 17.0 Å². The summed E-state index contributed by atoms with van der Waals surface area (Å²) in [5, 5.41) is 8.73. The Bertz CT molecular complexity index is 739. The first-order chi connectivity index (χ1) is 10.0. The van der Waals surface area contributed by atoms with Crippen molar-refractivity contribution in [1.82, 2.24) is 4.57 Å². The Morgan fingerprint density at radius 2 is 2.05 bits per heavy atom. The van der Waals surface area contributed by atoms with E-state index in [1.54, 1.807) is 17.7 Å². The molecule has 0 fully saturated rings. The number of hydrogen-bond acceptors (Lipinski definition) is 3. The Balaban J connectivity index is 2.46. The van der Waals surface area contributed by atoms with Gasteiger partial charge in [-0.15, -0.1) is 0 Å². The first-order valence-electron chi connectivity index (χ1n) is 6.86. The van der Waals surface area contributed by atoms with Gasteiger partial charge in [-0.1, -0.05) is 18.2 Å². The van der Waals surface area contributed by atoms with E-state index in [4.69, 9.17) is 10.00 Å². The lowest BCUT2D eigenvalue weighted by Crippen LogP contribution is -2.22. The van der Waals surface area contributed by atoms with E-state index in [0.29, 0.717) is 5.56 Å². The Hall–Kier alpha value is -2.54. The van der Waals surface area contributed by atoms with Crippen molar-refractivity contribution in [3.8, 4) is 23.1 Å². The molecule has 2 aromatic rings. The molecule has 0 aliphatic heterocycles. The molecule has 0 saturated carbocycles. The highest BCUT2D eigenvalue weighted by Gasteiger charge is 2.08. The minimum absolute atomic E-state index is 0.0991. The Labute approximate surface area is 124 Å². The zero-order chi connectivity index (χ0) is 15.4. The van der Waals surface area contributed by atoms with Crippen molar-refractivity contribution in [3.05, 3.63) is 52.3 Å². The van der Waals surface area contributed by atoms with Gasteiger partial charge in [0.15, 0.2) is 0 Å². The van der Waals surface area contributed by atoms with Crippen LogP contribution in [-0.4, -0.2) is 10.7 Å². The quantitative estimate of drug-likeness (QED) is 0.866. The molecule has 0 unspecified atom stereocenters. The van der Waals surface area contributed by atoms with Crippen molar-refractivity contribution in [3.63, 3.8) is 0 Å². The summed E-state index contributed by atoms with van der Waals surface area (Å²) in [6.07, 6.45) is 0.228. The second-order valence-corrected chi connectivity index (χ2v) is 5.14. The van der Waals surface area contributed by atoms with Crippen LogP contribution in [0.3, 0.4) is 0 Å². The smallest absolute Gasteiger partial charge is 0.255 e. The zero-order valence-corrected chi connectivity index (χ0v) is 12.5. The van der Waals surface area contributed by atoms with Gasteiger partial charge in [0.25, 0.3) is 5.56 Å². The summed E-state index contributed by atoms with van der Waals surface area (Å²) in [6, 6.07) is 13.2. The van der Waals surface area contributed by atoms with Crippen molar-refractivity contribution in [2.45, 2.75) is 26.4 Å². The van der Waals surface area contributed by atoms with Gasteiger partial charge in [0.2, 0.25) is 0 Å². The molecule has 4 heteroatoms. The molecule has 1 aromatic carbocycles. The molecule has 1 heterocycles. The molecule has 1 aromatic heterocycles. The van der Waals surface area contributed by atoms with Crippen LogP contribution in [0.4, 0.5) is 0 Å². The third-order valence-corrected chi connectivity index (χ3v) is 3.15. The number of ether oxygens (including phenoxy) is 1. The van der Waals surface area contributed by atoms with Gasteiger partial charge in [0.1, 0.15) is 5.75 Å². The minimum atomic E-state index is -0.135. The maximum atomic E-state index is 12.2. The molecule has 0 bridgehead atoms. The zero-order valence-electron chi connectivity index (χ0n) is 12.5. The van der Waals surface area contributed by atoms with Gasteiger partial charge in [-0.2, -0.15) is 5.26 Å². The topological polar surface area (TPSA) is 55.0 Å². The predicted octanol–water partition coefficient (Wildman–Crippen LogP) is 2.91. The number of hydrogen-bond donors (Lipinski definition) is 0. The minimum Gasteiger partial charge on any atom is -0.491 e. The maximum Gasteiger partial charge on any atom is 0.255 e. The molecule has 4 nitrogen and oxygen atoms in total. The van der Waals surface area contributed by atoms with Crippen LogP contribution in [0.15, 0.2) is 41.2 Å². The van der Waals surface area contributed by atoms with Crippen molar-refractivity contribution in [2.24, 2.45) is 7.05 Å². The van der Waals surface area contributed by atoms with Gasteiger partial charge in [0, 0.05) is 18.2 Å². The van der Waals surface area contributed by atoms with Crippen LogP contribution in [0.25, 0.3) is 11.3 Å². The van der Waals surface area contributed by atoms with Gasteiger partial charge < -0.3 is 9.30 Å². The average Bonchev–Trinajstić information content (AvgIpc) is 2.44. The maximum absolute atomic E-state index is 12.2. The van der Waals surface area contributed by atoms with Crippen molar-refractivity contribution in [2.75, 3.05) is 0 Å². The Morgan fingerprint density at radius 3 is 2.71 bits per heavy atom. The number of aromatic nitrogens is 1. The summed E-state index contributed by atoms with van der Waals surface area (Å²) in [7, 11) is 1.72. The second kappa shape index (κ2) is 6.27. The Kier molecular flexibility index (Phi) is 4.44. The van der Waals surface area contributed by atoms with Gasteiger partial charge in [-0.3, -0.25) is 4.79 Å². The molecule has 0 N–H and O–H groups in total. The van der Waals surface area contributed by atoms with E-state index in [9.17, 15) is 4.79 Å². The van der Waals surface area contributed by atoms with E-state index in [-0.39, 0.29) is 18.1 Å². The van der Waals surface area contributed by atoms with Gasteiger partial charge in [-0.25, -0.2) is 0 Å². The molecule has 2 rings (SSSR count). The molecule has 0 spiro atoms. The lowest BCUT2D eigenvalue weighted by atomic mass is 10.1. The van der Waals surface area contributed by atoms with Crippen molar-refractivity contribution >= 4 is 0 Å². The van der Waals surface area contributed by atoms with Crippen LogP contribution in [0, 0.1) is 11.3 Å². The standard InChI is InChI=1S/C17H18N2O2/c1-12(2)21-15-6-4-5-14(11-15)16-8-7-13(9-10-18)17(20)19(16)3/h4-8,11-12H,9H2,1-3H3. The van der Waals surface area contributed by atoms with Crippen LogP contribution >= 0.6 is 0 Å². The lowest BCUT2D eigenvalue weighted by Gasteiger charge is -2.13. The number of nitrogens with zero attached hydrogens (tertiary/aromatic N) is 2. The molecule has 0 aliphatic rings. The summed E-state index contributed by atoms with van der Waals surface area (Å²) in [6.45, 7) is 3.94. The molecule has 0 atom stereocenters. The monoisotopic (exact) mass is 282 g/mol. The van der Waals surface area contributed by atoms with Gasteiger partial charge in [0.05, 0.1) is 24.3 Å². The highest BCUT2D eigenvalue weighted by Crippen LogP contribution is 2.23. The molecule has 0 saturated heterocycles. The molecule has 0 radical (unpaired) electrons. The molecule has 0 aliphatic carbocycles. The molecule has 21 heavy (non-hydrogen) atoms. The highest BCUT2D eigenvalue weighted by atomic mass is 16.5. The summed E-state index contributed by atoms with van der Waals surface area (Å²) in [5.41, 5.74) is 2.09. The molecule has 0 amide bonds. The lowest BCUT2D eigenvalue weighted by molar-refractivity contribution is 0.242. The fraction of sp³-hybridized carbons (Fsp3) is 0.294. The van der Waals surface area contributed by atoms with Crippen LogP contribution in [0.5, 0.6) is 5.75 Å². The van der Waals surface area contributed by atoms with E-state index < -0.39 is 0 Å². The molecule has 108 valence electrons. The number of pyridine rings is 1. The average molecular weight is 282 g/mol. The molecular weight excluding hydrogens is 264 g/mol. The van der Waals surface area contributed by atoms with E-state index >= 15 is 0 Å². The summed E-state index contributed by atoms with van der Waals surface area (Å²) in [5.74, 6) is 0.774.